The monoisotopic (exact) mass is 342 g/mol. The third-order valence-electron chi connectivity index (χ3n) is 6.04. The number of pyridine rings is 1. The number of rotatable bonds is 3. The molecule has 2 N–H and O–H groups in total. The number of aromatic nitrogens is 1. The Bertz CT molecular complexity index is 644. The first-order valence-corrected chi connectivity index (χ1v) is 9.43. The number of likely N-dealkylation sites (tertiary alicyclic amines) is 1. The van der Waals surface area contributed by atoms with Gasteiger partial charge in [-0.25, -0.2) is 4.79 Å². The van der Waals surface area contributed by atoms with Gasteiger partial charge in [-0.1, -0.05) is 19.3 Å². The van der Waals surface area contributed by atoms with Crippen molar-refractivity contribution < 1.29 is 9.59 Å². The molecule has 1 aromatic rings. The zero-order chi connectivity index (χ0) is 17.3. The second kappa shape index (κ2) is 6.65. The Kier molecular flexibility index (Phi) is 4.36. The van der Waals surface area contributed by atoms with Gasteiger partial charge in [0.15, 0.2) is 0 Å². The van der Waals surface area contributed by atoms with Crippen molar-refractivity contribution in [2.45, 2.75) is 51.0 Å². The lowest BCUT2D eigenvalue weighted by molar-refractivity contribution is -0.118. The highest BCUT2D eigenvalue weighted by molar-refractivity contribution is 5.95. The van der Waals surface area contributed by atoms with E-state index in [1.165, 1.54) is 19.3 Å². The molecular formula is C19H26N4O2. The number of amides is 3. The van der Waals surface area contributed by atoms with Gasteiger partial charge in [0.1, 0.15) is 0 Å². The smallest absolute Gasteiger partial charge is 0.317 e. The van der Waals surface area contributed by atoms with Crippen molar-refractivity contribution >= 4 is 17.6 Å². The van der Waals surface area contributed by atoms with Crippen LogP contribution in [0.4, 0.5) is 10.5 Å². The van der Waals surface area contributed by atoms with Crippen molar-refractivity contribution in [2.24, 2.45) is 11.3 Å². The van der Waals surface area contributed by atoms with Gasteiger partial charge >= 0.3 is 6.03 Å². The zero-order valence-corrected chi connectivity index (χ0v) is 14.5. The van der Waals surface area contributed by atoms with Crippen molar-refractivity contribution in [1.82, 2.24) is 15.2 Å². The molecule has 0 radical (unpaired) electrons. The van der Waals surface area contributed by atoms with Crippen molar-refractivity contribution in [3.63, 3.8) is 0 Å². The molecule has 6 heteroatoms. The van der Waals surface area contributed by atoms with Gasteiger partial charge in [-0.15, -0.1) is 0 Å². The summed E-state index contributed by atoms with van der Waals surface area (Å²) < 4.78 is 0. The maximum Gasteiger partial charge on any atom is 0.317 e. The molecule has 2 aliphatic carbocycles. The second-order valence-electron chi connectivity index (χ2n) is 7.81. The first kappa shape index (κ1) is 16.4. The van der Waals surface area contributed by atoms with E-state index in [-0.39, 0.29) is 23.3 Å². The lowest BCUT2D eigenvalue weighted by Gasteiger charge is -2.26. The van der Waals surface area contributed by atoms with Crippen LogP contribution in [0.3, 0.4) is 0 Å². The van der Waals surface area contributed by atoms with Crippen LogP contribution in [0.5, 0.6) is 0 Å². The number of nitrogens with one attached hydrogen (secondary N) is 2. The summed E-state index contributed by atoms with van der Waals surface area (Å²) in [6.45, 7) is 1.46. The number of carbonyl (C=O) groups excluding carboxylic acids is 2. The van der Waals surface area contributed by atoms with E-state index in [4.69, 9.17) is 0 Å². The van der Waals surface area contributed by atoms with E-state index in [1.54, 1.807) is 12.4 Å². The Morgan fingerprint density at radius 1 is 1.24 bits per heavy atom. The molecule has 0 bridgehead atoms. The summed E-state index contributed by atoms with van der Waals surface area (Å²) in [6, 6.07) is 4.05. The van der Waals surface area contributed by atoms with Gasteiger partial charge < -0.3 is 15.5 Å². The number of nitrogens with zero attached hydrogens (tertiary/aromatic N) is 2. The van der Waals surface area contributed by atoms with Crippen molar-refractivity contribution in [3.8, 4) is 0 Å². The van der Waals surface area contributed by atoms with E-state index >= 15 is 0 Å². The van der Waals surface area contributed by atoms with E-state index in [1.807, 2.05) is 17.0 Å². The SMILES string of the molecule is O=C(Nc1cccnc1)[C@@H]1C[C@]12CCN(C(=O)NC1CCCCC1)C2. The van der Waals surface area contributed by atoms with Crippen molar-refractivity contribution in [2.75, 3.05) is 18.4 Å². The summed E-state index contributed by atoms with van der Waals surface area (Å²) in [5.74, 6) is 0.0720. The number of carbonyl (C=O) groups is 2. The number of urea groups is 1. The molecule has 0 aromatic carbocycles. The van der Waals surface area contributed by atoms with Crippen LogP contribution in [0.2, 0.25) is 0 Å². The van der Waals surface area contributed by atoms with Crippen LogP contribution >= 0.6 is 0 Å². The van der Waals surface area contributed by atoms with Crippen LogP contribution in [0, 0.1) is 11.3 Å². The molecule has 25 heavy (non-hydrogen) atoms. The van der Waals surface area contributed by atoms with Gasteiger partial charge in [-0.05, 0) is 37.8 Å². The van der Waals surface area contributed by atoms with Gasteiger partial charge in [0.25, 0.3) is 0 Å². The van der Waals surface area contributed by atoms with Crippen LogP contribution in [-0.4, -0.2) is 41.0 Å². The summed E-state index contributed by atoms with van der Waals surface area (Å²) in [5, 5.41) is 6.13. The van der Waals surface area contributed by atoms with E-state index in [2.05, 4.69) is 15.6 Å². The normalized spacial score (nSPS) is 28.8. The molecule has 0 unspecified atom stereocenters. The maximum absolute atomic E-state index is 12.5. The molecular weight excluding hydrogens is 316 g/mol. The van der Waals surface area contributed by atoms with Crippen molar-refractivity contribution in [3.05, 3.63) is 24.5 Å². The second-order valence-corrected chi connectivity index (χ2v) is 7.81. The van der Waals surface area contributed by atoms with E-state index in [0.29, 0.717) is 12.6 Å². The highest BCUT2D eigenvalue weighted by atomic mass is 16.2. The molecule has 2 atom stereocenters. The van der Waals surface area contributed by atoms with E-state index in [0.717, 1.165) is 37.9 Å². The van der Waals surface area contributed by atoms with E-state index < -0.39 is 0 Å². The summed E-state index contributed by atoms with van der Waals surface area (Å²) in [5.41, 5.74) is 0.732. The number of hydrogen-bond acceptors (Lipinski definition) is 3. The topological polar surface area (TPSA) is 74.3 Å². The minimum absolute atomic E-state index is 0.00377. The Hall–Kier alpha value is -2.11. The first-order valence-electron chi connectivity index (χ1n) is 9.43. The molecule has 1 aromatic heterocycles. The predicted octanol–water partition coefficient (Wildman–Crippen LogP) is 2.77. The van der Waals surface area contributed by atoms with Gasteiger partial charge in [0, 0.05) is 36.7 Å². The van der Waals surface area contributed by atoms with Crippen LogP contribution in [0.1, 0.15) is 44.9 Å². The summed E-state index contributed by atoms with van der Waals surface area (Å²) >= 11 is 0. The molecule has 6 nitrogen and oxygen atoms in total. The van der Waals surface area contributed by atoms with Gasteiger partial charge in [0.05, 0.1) is 11.9 Å². The third-order valence-corrected chi connectivity index (χ3v) is 6.04. The zero-order valence-electron chi connectivity index (χ0n) is 14.5. The molecule has 1 saturated heterocycles. The Morgan fingerprint density at radius 2 is 2.08 bits per heavy atom. The van der Waals surface area contributed by atoms with Crippen LogP contribution in [-0.2, 0) is 4.79 Å². The predicted molar refractivity (Wildman–Crippen MR) is 95.0 cm³/mol. The standard InChI is InChI=1S/C19H26N4O2/c24-17(21-15-7-4-9-20-12-15)16-11-19(16)8-10-23(13-19)18(25)22-14-5-2-1-3-6-14/h4,7,9,12,14,16H,1-3,5-6,8,10-11,13H2,(H,21,24)(H,22,25)/t16-,19-/m0/s1. The van der Waals surface area contributed by atoms with E-state index in [9.17, 15) is 9.59 Å². The average Bonchev–Trinajstić information content (AvgIpc) is 3.17. The van der Waals surface area contributed by atoms with Crippen LogP contribution in [0.25, 0.3) is 0 Å². The van der Waals surface area contributed by atoms with Gasteiger partial charge in [-0.3, -0.25) is 9.78 Å². The van der Waals surface area contributed by atoms with Crippen LogP contribution < -0.4 is 10.6 Å². The summed E-state index contributed by atoms with van der Waals surface area (Å²) in [4.78, 5) is 30.9. The number of hydrogen-bond donors (Lipinski definition) is 2. The highest BCUT2D eigenvalue weighted by Gasteiger charge is 2.61. The molecule has 4 rings (SSSR count). The fourth-order valence-corrected chi connectivity index (χ4v) is 4.42. The highest BCUT2D eigenvalue weighted by Crippen LogP contribution is 2.58. The fourth-order valence-electron chi connectivity index (χ4n) is 4.42. The Balaban J connectivity index is 1.29. The lowest BCUT2D eigenvalue weighted by atomic mass is 9.96. The quantitative estimate of drug-likeness (QED) is 0.887. The Labute approximate surface area is 148 Å². The average molecular weight is 342 g/mol. The van der Waals surface area contributed by atoms with Crippen LogP contribution in [0.15, 0.2) is 24.5 Å². The molecule has 3 aliphatic rings. The fraction of sp³-hybridized carbons (Fsp3) is 0.632. The minimum atomic E-state index is -0.00377. The van der Waals surface area contributed by atoms with Gasteiger partial charge in [-0.2, -0.15) is 0 Å². The lowest BCUT2D eigenvalue weighted by Crippen LogP contribution is -2.44. The largest absolute Gasteiger partial charge is 0.335 e. The molecule has 2 saturated carbocycles. The van der Waals surface area contributed by atoms with Gasteiger partial charge in [0.2, 0.25) is 5.91 Å². The summed E-state index contributed by atoms with van der Waals surface area (Å²) in [7, 11) is 0. The minimum Gasteiger partial charge on any atom is -0.335 e. The molecule has 1 aliphatic heterocycles. The molecule has 134 valence electrons. The third kappa shape index (κ3) is 3.48. The molecule has 3 fully saturated rings. The summed E-state index contributed by atoms with van der Waals surface area (Å²) in [6.07, 6.45) is 11.1. The molecule has 2 heterocycles. The molecule has 3 amide bonds. The number of anilines is 1. The molecule has 1 spiro atoms. The Morgan fingerprint density at radius 3 is 2.84 bits per heavy atom. The maximum atomic E-state index is 12.5. The first-order chi connectivity index (χ1) is 12.2. The van der Waals surface area contributed by atoms with Crippen molar-refractivity contribution in [1.29, 1.82) is 0 Å².